The second-order valence-corrected chi connectivity index (χ2v) is 4.49. The maximum Gasteiger partial charge on any atom is 0.294 e. The van der Waals surface area contributed by atoms with Crippen molar-refractivity contribution in [1.82, 2.24) is 9.80 Å². The number of amides is 1. The van der Waals surface area contributed by atoms with Crippen LogP contribution in [0.3, 0.4) is 0 Å². The normalized spacial score (nSPS) is 26.1. The Morgan fingerprint density at radius 1 is 1.50 bits per heavy atom. The molecule has 2 aliphatic rings. The molecule has 1 atom stereocenters. The zero-order valence-corrected chi connectivity index (χ0v) is 9.93. The zero-order valence-electron chi connectivity index (χ0n) is 9.93. The molecule has 0 saturated heterocycles. The first kappa shape index (κ1) is 11.3. The van der Waals surface area contributed by atoms with E-state index in [2.05, 4.69) is 0 Å². The lowest BCUT2D eigenvalue weighted by atomic mass is 10.1. The van der Waals surface area contributed by atoms with E-state index in [4.69, 9.17) is 4.74 Å². The zero-order chi connectivity index (χ0) is 11.9. The van der Waals surface area contributed by atoms with Crippen LogP contribution in [0, 0.1) is 0 Å². The van der Waals surface area contributed by atoms with Crippen LogP contribution in [0.15, 0.2) is 11.5 Å². The van der Waals surface area contributed by atoms with E-state index in [0.717, 1.165) is 18.5 Å². The van der Waals surface area contributed by atoms with Crippen molar-refractivity contribution >= 4 is 5.91 Å². The van der Waals surface area contributed by atoms with Gasteiger partial charge in [-0.25, -0.2) is 0 Å². The van der Waals surface area contributed by atoms with Crippen molar-refractivity contribution < 1.29 is 14.6 Å². The highest BCUT2D eigenvalue weighted by atomic mass is 16.5. The predicted molar refractivity (Wildman–Crippen MR) is 58.0 cm³/mol. The molecule has 2 heterocycles. The number of nitrogens with zero attached hydrogens (tertiary/aromatic N) is 2. The molecule has 0 aromatic heterocycles. The van der Waals surface area contributed by atoms with Gasteiger partial charge in [-0.05, 0) is 26.7 Å². The molecule has 1 unspecified atom stereocenters. The van der Waals surface area contributed by atoms with Crippen LogP contribution >= 0.6 is 0 Å². The van der Waals surface area contributed by atoms with Crippen molar-refractivity contribution in [2.75, 3.05) is 13.7 Å². The van der Waals surface area contributed by atoms with E-state index in [-0.39, 0.29) is 11.9 Å². The number of ether oxygens (including phenoxy) is 1. The van der Waals surface area contributed by atoms with Crippen molar-refractivity contribution in [1.29, 1.82) is 0 Å². The maximum atomic E-state index is 12.1. The fraction of sp³-hybridized carbons (Fsp3) is 0.727. The Morgan fingerprint density at radius 3 is 2.81 bits per heavy atom. The molecule has 0 bridgehead atoms. The summed E-state index contributed by atoms with van der Waals surface area (Å²) in [6, 6.07) is -0.0514. The minimum atomic E-state index is -0.882. The first-order chi connectivity index (χ1) is 7.54. The third-order valence-electron chi connectivity index (χ3n) is 3.07. The van der Waals surface area contributed by atoms with Crippen molar-refractivity contribution in [3.05, 3.63) is 11.5 Å². The fourth-order valence-electron chi connectivity index (χ4n) is 2.18. The number of hydrogen-bond donors (Lipinski definition) is 1. The molecule has 0 aromatic carbocycles. The molecule has 0 spiro atoms. The van der Waals surface area contributed by atoms with E-state index >= 15 is 0 Å². The number of aliphatic hydroxyl groups is 1. The molecule has 0 saturated carbocycles. The SMILES string of the molecule is CC(C)N1C(=O)C2=C(CCCO2)N(C)C1O. The average molecular weight is 226 g/mol. The lowest BCUT2D eigenvalue weighted by Crippen LogP contribution is -2.57. The molecule has 1 N–H and O–H groups in total. The molecular formula is C11H18N2O3. The van der Waals surface area contributed by atoms with Crippen LogP contribution < -0.4 is 0 Å². The summed E-state index contributed by atoms with van der Waals surface area (Å²) in [6.07, 6.45) is 0.804. The molecule has 1 amide bonds. The lowest BCUT2D eigenvalue weighted by Gasteiger charge is -2.44. The Balaban J connectivity index is 2.39. The van der Waals surface area contributed by atoms with Crippen molar-refractivity contribution in [3.8, 4) is 0 Å². The van der Waals surface area contributed by atoms with Crippen molar-refractivity contribution in [3.63, 3.8) is 0 Å². The van der Waals surface area contributed by atoms with Gasteiger partial charge in [0.25, 0.3) is 5.91 Å². The van der Waals surface area contributed by atoms with E-state index in [1.807, 2.05) is 13.8 Å². The van der Waals surface area contributed by atoms with Crippen LogP contribution in [-0.4, -0.2) is 46.9 Å². The second kappa shape index (κ2) is 3.97. The van der Waals surface area contributed by atoms with Crippen LogP contribution in [-0.2, 0) is 9.53 Å². The molecule has 0 fully saturated rings. The standard InChI is InChI=1S/C11H18N2O3/c1-7(2)13-10(14)9-8(5-4-6-16-9)12(3)11(13)15/h7,11,15H,4-6H2,1-3H3. The summed E-state index contributed by atoms with van der Waals surface area (Å²) in [5.41, 5.74) is 0.820. The number of carbonyl (C=O) groups excluding carboxylic acids is 1. The van der Waals surface area contributed by atoms with E-state index in [0.29, 0.717) is 12.4 Å². The van der Waals surface area contributed by atoms with Gasteiger partial charge in [-0.15, -0.1) is 0 Å². The predicted octanol–water partition coefficient (Wildman–Crippen LogP) is 0.467. The number of hydrogen-bond acceptors (Lipinski definition) is 4. The van der Waals surface area contributed by atoms with Crippen LogP contribution in [0.25, 0.3) is 0 Å². The molecule has 5 heteroatoms. The smallest absolute Gasteiger partial charge is 0.294 e. The molecule has 0 aromatic rings. The summed E-state index contributed by atoms with van der Waals surface area (Å²) in [7, 11) is 1.79. The molecule has 2 aliphatic heterocycles. The Bertz CT molecular complexity index is 338. The van der Waals surface area contributed by atoms with Gasteiger partial charge in [0, 0.05) is 13.1 Å². The fourth-order valence-corrected chi connectivity index (χ4v) is 2.18. The highest BCUT2D eigenvalue weighted by molar-refractivity contribution is 5.93. The molecule has 16 heavy (non-hydrogen) atoms. The molecule has 2 rings (SSSR count). The van der Waals surface area contributed by atoms with Crippen LogP contribution in [0.1, 0.15) is 26.7 Å². The summed E-state index contributed by atoms with van der Waals surface area (Å²) < 4.78 is 5.43. The molecule has 0 radical (unpaired) electrons. The summed E-state index contributed by atoms with van der Waals surface area (Å²) in [5, 5.41) is 10.1. The van der Waals surface area contributed by atoms with Crippen LogP contribution in [0.5, 0.6) is 0 Å². The largest absolute Gasteiger partial charge is 0.487 e. The van der Waals surface area contributed by atoms with E-state index in [1.54, 1.807) is 11.9 Å². The third kappa shape index (κ3) is 1.55. The van der Waals surface area contributed by atoms with Gasteiger partial charge in [-0.1, -0.05) is 0 Å². The Kier molecular flexibility index (Phi) is 2.80. The number of carbonyl (C=O) groups is 1. The first-order valence-electron chi connectivity index (χ1n) is 5.63. The van der Waals surface area contributed by atoms with Gasteiger partial charge in [0.15, 0.2) is 0 Å². The Hall–Kier alpha value is -1.23. The quantitative estimate of drug-likeness (QED) is 0.706. The van der Waals surface area contributed by atoms with Gasteiger partial charge < -0.3 is 14.7 Å². The minimum Gasteiger partial charge on any atom is -0.487 e. The van der Waals surface area contributed by atoms with Gasteiger partial charge in [0.1, 0.15) is 0 Å². The summed E-state index contributed by atoms with van der Waals surface area (Å²) >= 11 is 0. The van der Waals surface area contributed by atoms with E-state index in [9.17, 15) is 9.90 Å². The Morgan fingerprint density at radius 2 is 2.19 bits per heavy atom. The van der Waals surface area contributed by atoms with Gasteiger partial charge in [-0.2, -0.15) is 0 Å². The topological polar surface area (TPSA) is 53.0 Å². The summed E-state index contributed by atoms with van der Waals surface area (Å²) in [4.78, 5) is 15.3. The van der Waals surface area contributed by atoms with Crippen LogP contribution in [0.2, 0.25) is 0 Å². The molecule has 0 aliphatic carbocycles. The van der Waals surface area contributed by atoms with E-state index in [1.165, 1.54) is 4.90 Å². The van der Waals surface area contributed by atoms with Gasteiger partial charge in [-0.3, -0.25) is 9.69 Å². The van der Waals surface area contributed by atoms with Gasteiger partial charge >= 0.3 is 0 Å². The van der Waals surface area contributed by atoms with Gasteiger partial charge in [0.2, 0.25) is 12.1 Å². The number of allylic oxidation sites excluding steroid dienone is 1. The Labute approximate surface area is 95.3 Å². The monoisotopic (exact) mass is 226 g/mol. The lowest BCUT2D eigenvalue weighted by molar-refractivity contribution is -0.166. The third-order valence-corrected chi connectivity index (χ3v) is 3.07. The number of aliphatic hydroxyl groups excluding tert-OH is 1. The highest BCUT2D eigenvalue weighted by Crippen LogP contribution is 2.30. The number of rotatable bonds is 1. The molecule has 5 nitrogen and oxygen atoms in total. The average Bonchev–Trinajstić information content (AvgIpc) is 2.26. The maximum absolute atomic E-state index is 12.1. The molecule has 90 valence electrons. The molecular weight excluding hydrogens is 208 g/mol. The van der Waals surface area contributed by atoms with Crippen molar-refractivity contribution in [2.24, 2.45) is 0 Å². The van der Waals surface area contributed by atoms with E-state index < -0.39 is 6.35 Å². The summed E-state index contributed by atoms with van der Waals surface area (Å²) in [5.74, 6) is 0.211. The van der Waals surface area contributed by atoms with Gasteiger partial charge in [0.05, 0.1) is 12.3 Å². The summed E-state index contributed by atoms with van der Waals surface area (Å²) in [6.45, 7) is 4.34. The first-order valence-corrected chi connectivity index (χ1v) is 5.63. The van der Waals surface area contributed by atoms with Crippen LogP contribution in [0.4, 0.5) is 0 Å². The van der Waals surface area contributed by atoms with Crippen molar-refractivity contribution in [2.45, 2.75) is 39.1 Å². The minimum absolute atomic E-state index is 0.0514. The second-order valence-electron chi connectivity index (χ2n) is 4.49. The highest BCUT2D eigenvalue weighted by Gasteiger charge is 2.40.